The van der Waals surface area contributed by atoms with Gasteiger partial charge < -0.3 is 14.8 Å². The minimum absolute atomic E-state index is 0.323. The molecular weight excluding hydrogens is 410 g/mol. The van der Waals surface area contributed by atoms with Crippen molar-refractivity contribution in [1.82, 2.24) is 5.43 Å². The molecule has 2 N–H and O–H groups in total. The Hall–Kier alpha value is -4.46. The summed E-state index contributed by atoms with van der Waals surface area (Å²) in [5.74, 6) is -1.33. The molecule has 0 aliphatic rings. The van der Waals surface area contributed by atoms with Crippen LogP contribution in [0.25, 0.3) is 0 Å². The van der Waals surface area contributed by atoms with E-state index in [1.165, 1.54) is 13.3 Å². The molecule has 0 spiro atoms. The van der Waals surface area contributed by atoms with E-state index in [1.807, 2.05) is 13.0 Å². The van der Waals surface area contributed by atoms with Gasteiger partial charge in [-0.3, -0.25) is 9.59 Å². The average Bonchev–Trinajstić information content (AvgIpc) is 2.79. The summed E-state index contributed by atoms with van der Waals surface area (Å²) in [4.78, 5) is 36.2. The van der Waals surface area contributed by atoms with Gasteiger partial charge in [-0.25, -0.2) is 10.2 Å². The Labute approximate surface area is 184 Å². The predicted molar refractivity (Wildman–Crippen MR) is 120 cm³/mol. The number of carbonyl (C=O) groups excluding carboxylic acids is 3. The fourth-order valence-corrected chi connectivity index (χ4v) is 2.67. The fraction of sp³-hybridized carbons (Fsp3) is 0.0833. The highest BCUT2D eigenvalue weighted by Gasteiger charge is 2.13. The monoisotopic (exact) mass is 431 g/mol. The average molecular weight is 431 g/mol. The maximum absolute atomic E-state index is 12.3. The summed E-state index contributed by atoms with van der Waals surface area (Å²) >= 11 is 0. The van der Waals surface area contributed by atoms with Crippen LogP contribution in [0.3, 0.4) is 0 Å². The van der Waals surface area contributed by atoms with E-state index >= 15 is 0 Å². The molecule has 0 aliphatic carbocycles. The number of nitrogens with zero attached hydrogens (tertiary/aromatic N) is 1. The van der Waals surface area contributed by atoms with Crippen molar-refractivity contribution in [3.05, 3.63) is 89.5 Å². The van der Waals surface area contributed by atoms with E-state index in [-0.39, 0.29) is 0 Å². The Kier molecular flexibility index (Phi) is 7.32. The molecule has 8 nitrogen and oxygen atoms in total. The molecule has 0 unspecified atom stereocenters. The second-order valence-electron chi connectivity index (χ2n) is 6.71. The minimum Gasteiger partial charge on any atom is -0.497 e. The summed E-state index contributed by atoms with van der Waals surface area (Å²) in [6.45, 7) is 1.89. The van der Waals surface area contributed by atoms with E-state index in [2.05, 4.69) is 15.8 Å². The molecule has 2 amide bonds. The number of anilines is 1. The number of methoxy groups -OCH3 is 1. The number of hydrogen-bond donors (Lipinski definition) is 2. The van der Waals surface area contributed by atoms with E-state index in [0.29, 0.717) is 28.3 Å². The Morgan fingerprint density at radius 2 is 1.62 bits per heavy atom. The zero-order valence-corrected chi connectivity index (χ0v) is 17.5. The molecule has 3 aromatic rings. The molecule has 0 heterocycles. The molecule has 0 fully saturated rings. The molecule has 0 atom stereocenters. The second kappa shape index (κ2) is 10.5. The summed E-state index contributed by atoms with van der Waals surface area (Å²) in [6, 6.07) is 20.2. The van der Waals surface area contributed by atoms with Gasteiger partial charge in [0.2, 0.25) is 0 Å². The number of benzene rings is 3. The molecule has 3 rings (SSSR count). The van der Waals surface area contributed by atoms with Crippen LogP contribution in [0.1, 0.15) is 21.5 Å². The number of aryl methyl sites for hydroxylation is 1. The van der Waals surface area contributed by atoms with Gasteiger partial charge in [0.15, 0.2) is 0 Å². The molecule has 0 aliphatic heterocycles. The summed E-state index contributed by atoms with van der Waals surface area (Å²) < 4.78 is 10.4. The van der Waals surface area contributed by atoms with E-state index in [1.54, 1.807) is 66.7 Å². The third-order valence-electron chi connectivity index (χ3n) is 4.26. The molecule has 3 aromatic carbocycles. The third kappa shape index (κ3) is 6.27. The Bertz CT molecular complexity index is 1160. The van der Waals surface area contributed by atoms with Gasteiger partial charge in [-0.15, -0.1) is 0 Å². The van der Waals surface area contributed by atoms with Crippen LogP contribution < -0.4 is 20.2 Å². The Morgan fingerprint density at radius 3 is 2.34 bits per heavy atom. The lowest BCUT2D eigenvalue weighted by Crippen LogP contribution is -2.32. The van der Waals surface area contributed by atoms with Gasteiger partial charge in [-0.05, 0) is 61.0 Å². The maximum atomic E-state index is 12.3. The van der Waals surface area contributed by atoms with Gasteiger partial charge in [-0.1, -0.05) is 29.8 Å². The van der Waals surface area contributed by atoms with Gasteiger partial charge >= 0.3 is 17.8 Å². The van der Waals surface area contributed by atoms with Crippen molar-refractivity contribution in [2.45, 2.75) is 6.92 Å². The first-order chi connectivity index (χ1) is 15.4. The van der Waals surface area contributed by atoms with Crippen molar-refractivity contribution in [2.75, 3.05) is 12.4 Å². The third-order valence-corrected chi connectivity index (χ3v) is 4.26. The van der Waals surface area contributed by atoms with E-state index < -0.39 is 17.8 Å². The number of carbonyl (C=O) groups is 3. The maximum Gasteiger partial charge on any atom is 0.343 e. The summed E-state index contributed by atoms with van der Waals surface area (Å²) in [5.41, 5.74) is 4.55. The normalized spacial score (nSPS) is 10.4. The molecule has 0 aromatic heterocycles. The van der Waals surface area contributed by atoms with Crippen LogP contribution in [-0.4, -0.2) is 31.1 Å². The van der Waals surface area contributed by atoms with Crippen molar-refractivity contribution < 1.29 is 23.9 Å². The van der Waals surface area contributed by atoms with Crippen molar-refractivity contribution in [3.63, 3.8) is 0 Å². The predicted octanol–water partition coefficient (Wildman–Crippen LogP) is 3.31. The summed E-state index contributed by atoms with van der Waals surface area (Å²) in [6.07, 6.45) is 1.34. The van der Waals surface area contributed by atoms with Crippen LogP contribution >= 0.6 is 0 Å². The number of hydrazone groups is 1. The van der Waals surface area contributed by atoms with Crippen molar-refractivity contribution in [2.24, 2.45) is 5.10 Å². The van der Waals surface area contributed by atoms with Crippen LogP contribution in [0.2, 0.25) is 0 Å². The van der Waals surface area contributed by atoms with Crippen LogP contribution in [0, 0.1) is 6.92 Å². The largest absolute Gasteiger partial charge is 0.497 e. The second-order valence-corrected chi connectivity index (χ2v) is 6.71. The number of nitrogens with one attached hydrogen (secondary N) is 2. The molecule has 8 heteroatoms. The van der Waals surface area contributed by atoms with E-state index in [9.17, 15) is 14.4 Å². The first-order valence-electron chi connectivity index (χ1n) is 9.62. The van der Waals surface area contributed by atoms with Gasteiger partial charge in [0.25, 0.3) is 0 Å². The highest BCUT2D eigenvalue weighted by atomic mass is 16.5. The van der Waals surface area contributed by atoms with Crippen LogP contribution in [-0.2, 0) is 9.59 Å². The standard InChI is InChI=1S/C24H21N3O5/c1-16-5-3-7-18(13-16)24(30)32-21-8-4-6-17(14-21)15-25-27-23(29)22(28)26-19-9-11-20(31-2)12-10-19/h3-15H,1-2H3,(H,26,28)(H,27,29)/b25-15+. The molecule has 0 saturated carbocycles. The molecule has 32 heavy (non-hydrogen) atoms. The van der Waals surface area contributed by atoms with Gasteiger partial charge in [0, 0.05) is 5.69 Å². The summed E-state index contributed by atoms with van der Waals surface area (Å²) in [7, 11) is 1.53. The molecule has 162 valence electrons. The molecule has 0 radical (unpaired) electrons. The van der Waals surface area contributed by atoms with E-state index in [0.717, 1.165) is 5.56 Å². The Morgan fingerprint density at radius 1 is 0.875 bits per heavy atom. The zero-order chi connectivity index (χ0) is 22.9. The lowest BCUT2D eigenvalue weighted by molar-refractivity contribution is -0.136. The highest BCUT2D eigenvalue weighted by Crippen LogP contribution is 2.16. The SMILES string of the molecule is COc1ccc(NC(=O)C(=O)N/N=C/c2cccc(OC(=O)c3cccc(C)c3)c2)cc1. The van der Waals surface area contributed by atoms with Crippen molar-refractivity contribution >= 4 is 29.7 Å². The lowest BCUT2D eigenvalue weighted by Gasteiger charge is -2.06. The van der Waals surface area contributed by atoms with Gasteiger partial charge in [0.05, 0.1) is 18.9 Å². The minimum atomic E-state index is -0.931. The van der Waals surface area contributed by atoms with Crippen molar-refractivity contribution in [3.8, 4) is 11.5 Å². The first kappa shape index (κ1) is 22.2. The van der Waals surface area contributed by atoms with Crippen LogP contribution in [0.4, 0.5) is 5.69 Å². The lowest BCUT2D eigenvalue weighted by atomic mass is 10.1. The molecule has 0 bridgehead atoms. The zero-order valence-electron chi connectivity index (χ0n) is 17.5. The first-order valence-corrected chi connectivity index (χ1v) is 9.62. The van der Waals surface area contributed by atoms with Crippen molar-refractivity contribution in [1.29, 1.82) is 0 Å². The topological polar surface area (TPSA) is 106 Å². The summed E-state index contributed by atoms with van der Waals surface area (Å²) in [5, 5.41) is 6.23. The van der Waals surface area contributed by atoms with Crippen LogP contribution in [0.15, 0.2) is 77.9 Å². The van der Waals surface area contributed by atoms with Crippen LogP contribution in [0.5, 0.6) is 11.5 Å². The van der Waals surface area contributed by atoms with E-state index in [4.69, 9.17) is 9.47 Å². The fourth-order valence-electron chi connectivity index (χ4n) is 2.67. The highest BCUT2D eigenvalue weighted by molar-refractivity contribution is 6.39. The Balaban J connectivity index is 1.55. The quantitative estimate of drug-likeness (QED) is 0.205. The number of amides is 2. The number of rotatable bonds is 6. The van der Waals surface area contributed by atoms with Gasteiger partial charge in [-0.2, -0.15) is 5.10 Å². The molecule has 0 saturated heterocycles. The number of esters is 1. The van der Waals surface area contributed by atoms with Gasteiger partial charge in [0.1, 0.15) is 11.5 Å². The molecular formula is C24H21N3O5. The smallest absolute Gasteiger partial charge is 0.343 e. The number of hydrogen-bond acceptors (Lipinski definition) is 6. The number of ether oxygens (including phenoxy) is 2.